The summed E-state index contributed by atoms with van der Waals surface area (Å²) in [7, 11) is 1.90. The Morgan fingerprint density at radius 1 is 1.10 bits per heavy atom. The normalized spacial score (nSPS) is 11.7. The lowest BCUT2D eigenvalue weighted by molar-refractivity contribution is -0.137. The van der Waals surface area contributed by atoms with Gasteiger partial charge in [-0.3, -0.25) is 0 Å². The van der Waals surface area contributed by atoms with Crippen molar-refractivity contribution in [3.05, 3.63) is 71.2 Å². The molecule has 30 heavy (non-hydrogen) atoms. The third-order valence-electron chi connectivity index (χ3n) is 4.25. The maximum absolute atomic E-state index is 13.1. The van der Waals surface area contributed by atoms with Crippen LogP contribution in [0.25, 0.3) is 11.3 Å². The Hall–Kier alpha value is -3.06. The second-order valence-corrected chi connectivity index (χ2v) is 6.85. The van der Waals surface area contributed by atoms with Gasteiger partial charge in [0.1, 0.15) is 5.75 Å². The predicted octanol–water partition coefficient (Wildman–Crippen LogP) is 6.82. The van der Waals surface area contributed by atoms with E-state index >= 15 is 0 Å². The third-order valence-corrected chi connectivity index (χ3v) is 4.58. The van der Waals surface area contributed by atoms with E-state index in [0.717, 1.165) is 24.2 Å². The van der Waals surface area contributed by atoms with Crippen molar-refractivity contribution in [1.82, 2.24) is 9.88 Å². The zero-order chi connectivity index (χ0) is 21.7. The summed E-state index contributed by atoms with van der Waals surface area (Å²) < 4.78 is 44.9. The van der Waals surface area contributed by atoms with E-state index in [9.17, 15) is 13.2 Å². The third kappa shape index (κ3) is 5.30. The number of nitrogens with zero attached hydrogens (tertiary/aromatic N) is 3. The van der Waals surface area contributed by atoms with Gasteiger partial charge < -0.3 is 9.64 Å². The molecule has 2 aromatic carbocycles. The molecule has 0 amide bonds. The van der Waals surface area contributed by atoms with Crippen LogP contribution in [0.1, 0.15) is 12.5 Å². The summed E-state index contributed by atoms with van der Waals surface area (Å²) in [6, 6.07) is 16.0. The Morgan fingerprint density at radius 2 is 1.83 bits per heavy atom. The number of rotatable bonds is 6. The van der Waals surface area contributed by atoms with Crippen molar-refractivity contribution in [1.29, 1.82) is 0 Å². The van der Waals surface area contributed by atoms with Crippen molar-refractivity contribution in [2.75, 3.05) is 13.6 Å². The number of hydrogen-bond acceptors (Lipinski definition) is 3. The summed E-state index contributed by atoms with van der Waals surface area (Å²) in [5.74, 6) is 0.132. The highest BCUT2D eigenvalue weighted by molar-refractivity contribution is 6.31. The van der Waals surface area contributed by atoms with E-state index in [-0.39, 0.29) is 11.6 Å². The molecule has 0 aliphatic carbocycles. The molecule has 0 aliphatic rings. The summed E-state index contributed by atoms with van der Waals surface area (Å²) in [6.45, 7) is 2.79. The molecule has 0 fully saturated rings. The first-order chi connectivity index (χ1) is 14.3. The number of benzene rings is 2. The Balaban J connectivity index is 1.98. The van der Waals surface area contributed by atoms with Crippen LogP contribution in [0.2, 0.25) is 5.02 Å². The van der Waals surface area contributed by atoms with E-state index in [1.807, 2.05) is 49.2 Å². The lowest BCUT2D eigenvalue weighted by Gasteiger charge is -2.13. The molecule has 1 heterocycles. The van der Waals surface area contributed by atoms with Crippen LogP contribution in [0, 0.1) is 0 Å². The summed E-state index contributed by atoms with van der Waals surface area (Å²) in [5.41, 5.74) is 1.01. The fourth-order valence-corrected chi connectivity index (χ4v) is 2.78. The van der Waals surface area contributed by atoms with Gasteiger partial charge in [0.2, 0.25) is 5.88 Å². The van der Waals surface area contributed by atoms with Gasteiger partial charge in [0.25, 0.3) is 0 Å². The maximum atomic E-state index is 13.1. The second-order valence-electron chi connectivity index (χ2n) is 6.44. The van der Waals surface area contributed by atoms with E-state index in [1.54, 1.807) is 18.5 Å². The number of halogens is 4. The molecule has 0 aliphatic heterocycles. The molecule has 0 saturated heterocycles. The number of aromatic nitrogens is 1. The molecular formula is C22H19ClF3N3O. The fourth-order valence-electron chi connectivity index (χ4n) is 2.55. The van der Waals surface area contributed by atoms with Gasteiger partial charge in [-0.2, -0.15) is 13.2 Å². The standard InChI is InChI=1S/C22H19ClF3N3O/c1-3-29(2)14-27-19-11-12-20(28-21(19)15-7-5-4-6-8-15)30-16-9-10-18(23)17(13-16)22(24,25)26/h4-14H,3H2,1-2H3/b27-14+. The maximum Gasteiger partial charge on any atom is 0.417 e. The van der Waals surface area contributed by atoms with Crippen molar-refractivity contribution in [2.45, 2.75) is 13.1 Å². The molecule has 4 nitrogen and oxygen atoms in total. The lowest BCUT2D eigenvalue weighted by atomic mass is 10.1. The summed E-state index contributed by atoms with van der Waals surface area (Å²) in [4.78, 5) is 10.9. The van der Waals surface area contributed by atoms with Gasteiger partial charge >= 0.3 is 6.18 Å². The quantitative estimate of drug-likeness (QED) is 0.316. The average molecular weight is 434 g/mol. The van der Waals surface area contributed by atoms with Gasteiger partial charge in [0, 0.05) is 25.2 Å². The van der Waals surface area contributed by atoms with Crippen LogP contribution >= 0.6 is 11.6 Å². The van der Waals surface area contributed by atoms with Gasteiger partial charge in [-0.15, -0.1) is 0 Å². The summed E-state index contributed by atoms with van der Waals surface area (Å²) in [6.07, 6.45) is -2.89. The van der Waals surface area contributed by atoms with Crippen LogP contribution < -0.4 is 4.74 Å². The minimum absolute atomic E-state index is 0.0137. The zero-order valence-electron chi connectivity index (χ0n) is 16.3. The second kappa shape index (κ2) is 9.17. The molecule has 0 radical (unpaired) electrons. The van der Waals surface area contributed by atoms with Gasteiger partial charge in [0.15, 0.2) is 0 Å². The first-order valence-electron chi connectivity index (χ1n) is 9.13. The van der Waals surface area contributed by atoms with Crippen molar-refractivity contribution in [2.24, 2.45) is 4.99 Å². The SMILES string of the molecule is CCN(C)/C=N/c1ccc(Oc2ccc(Cl)c(C(F)(F)F)c2)nc1-c1ccccc1. The summed E-state index contributed by atoms with van der Waals surface area (Å²) in [5, 5.41) is -0.391. The predicted molar refractivity (Wildman–Crippen MR) is 113 cm³/mol. The van der Waals surface area contributed by atoms with Crippen LogP contribution in [-0.4, -0.2) is 29.8 Å². The van der Waals surface area contributed by atoms with Crippen LogP contribution in [0.15, 0.2) is 65.7 Å². The van der Waals surface area contributed by atoms with Crippen LogP contribution in [0.4, 0.5) is 18.9 Å². The Bertz CT molecular complexity index is 1040. The molecule has 1 aromatic heterocycles. The number of pyridine rings is 1. The minimum atomic E-state index is -4.58. The first kappa shape index (κ1) is 21.6. The van der Waals surface area contributed by atoms with Crippen molar-refractivity contribution >= 4 is 23.6 Å². The van der Waals surface area contributed by atoms with Gasteiger partial charge in [-0.1, -0.05) is 41.9 Å². The van der Waals surface area contributed by atoms with Gasteiger partial charge in [-0.05, 0) is 31.2 Å². The minimum Gasteiger partial charge on any atom is -0.439 e. The monoisotopic (exact) mass is 433 g/mol. The molecule has 3 aromatic rings. The molecule has 8 heteroatoms. The molecule has 0 spiro atoms. The smallest absolute Gasteiger partial charge is 0.417 e. The average Bonchev–Trinajstić information content (AvgIpc) is 2.73. The van der Waals surface area contributed by atoms with E-state index in [0.29, 0.717) is 11.4 Å². The summed E-state index contributed by atoms with van der Waals surface area (Å²) >= 11 is 5.67. The molecule has 156 valence electrons. The topological polar surface area (TPSA) is 37.7 Å². The molecule has 0 saturated carbocycles. The van der Waals surface area contributed by atoms with Gasteiger partial charge in [0.05, 0.1) is 28.3 Å². The highest BCUT2D eigenvalue weighted by Crippen LogP contribution is 2.38. The first-order valence-corrected chi connectivity index (χ1v) is 9.51. The zero-order valence-corrected chi connectivity index (χ0v) is 17.1. The molecule has 0 bridgehead atoms. The molecule has 3 rings (SSSR count). The van der Waals surface area contributed by atoms with Crippen molar-refractivity contribution in [3.8, 4) is 22.9 Å². The Morgan fingerprint density at radius 3 is 2.50 bits per heavy atom. The number of alkyl halides is 3. The number of aliphatic imine (C=N–C) groups is 1. The van der Waals surface area contributed by atoms with E-state index in [2.05, 4.69) is 9.98 Å². The van der Waals surface area contributed by atoms with E-state index in [1.165, 1.54) is 6.07 Å². The van der Waals surface area contributed by atoms with Gasteiger partial charge in [-0.25, -0.2) is 9.98 Å². The molecule has 0 N–H and O–H groups in total. The van der Waals surface area contributed by atoms with Crippen molar-refractivity contribution < 1.29 is 17.9 Å². The molecule has 0 unspecified atom stereocenters. The fraction of sp³-hybridized carbons (Fsp3) is 0.182. The number of ether oxygens (including phenoxy) is 1. The highest BCUT2D eigenvalue weighted by Gasteiger charge is 2.33. The van der Waals surface area contributed by atoms with Crippen LogP contribution in [0.5, 0.6) is 11.6 Å². The lowest BCUT2D eigenvalue weighted by Crippen LogP contribution is -2.14. The molecule has 0 atom stereocenters. The van der Waals surface area contributed by atoms with Crippen LogP contribution in [-0.2, 0) is 6.18 Å². The largest absolute Gasteiger partial charge is 0.439 e. The van der Waals surface area contributed by atoms with Crippen LogP contribution in [0.3, 0.4) is 0 Å². The van der Waals surface area contributed by atoms with Crippen molar-refractivity contribution in [3.63, 3.8) is 0 Å². The highest BCUT2D eigenvalue weighted by atomic mass is 35.5. The molecular weight excluding hydrogens is 415 g/mol. The van der Waals surface area contributed by atoms with E-state index in [4.69, 9.17) is 16.3 Å². The van der Waals surface area contributed by atoms with E-state index < -0.39 is 16.8 Å². The number of hydrogen-bond donors (Lipinski definition) is 0. The Labute approximate surface area is 177 Å². The Kier molecular flexibility index (Phi) is 6.62.